The van der Waals surface area contributed by atoms with Crippen LogP contribution in [0.1, 0.15) is 44.1 Å². The van der Waals surface area contributed by atoms with Crippen molar-refractivity contribution in [1.82, 2.24) is 5.32 Å². The van der Waals surface area contributed by atoms with Crippen LogP contribution < -0.4 is 5.32 Å². The summed E-state index contributed by atoms with van der Waals surface area (Å²) in [4.78, 5) is 37.5. The number of rotatable bonds is 11. The first-order valence-electron chi connectivity index (χ1n) is 10.6. The highest BCUT2D eigenvalue weighted by molar-refractivity contribution is 7.09. The van der Waals surface area contributed by atoms with Crippen LogP contribution >= 0.6 is 11.3 Å². The van der Waals surface area contributed by atoms with Gasteiger partial charge in [-0.3, -0.25) is 4.79 Å². The van der Waals surface area contributed by atoms with Crippen LogP contribution in [0.25, 0.3) is 0 Å². The molecule has 2 rings (SSSR count). The van der Waals surface area contributed by atoms with Crippen LogP contribution in [0.5, 0.6) is 0 Å². The van der Waals surface area contributed by atoms with Gasteiger partial charge in [-0.25, -0.2) is 9.59 Å². The van der Waals surface area contributed by atoms with E-state index in [2.05, 4.69) is 5.32 Å². The van der Waals surface area contributed by atoms with Crippen molar-refractivity contribution in [3.05, 3.63) is 70.4 Å². The Hall–Kier alpha value is -2.93. The number of thiophene rings is 1. The maximum atomic E-state index is 13.2. The van der Waals surface area contributed by atoms with Gasteiger partial charge in [0, 0.05) is 23.8 Å². The lowest BCUT2D eigenvalue weighted by molar-refractivity contribution is -0.131. The van der Waals surface area contributed by atoms with E-state index in [0.29, 0.717) is 12.8 Å². The van der Waals surface area contributed by atoms with Gasteiger partial charge in [0.1, 0.15) is 5.60 Å². The van der Waals surface area contributed by atoms with E-state index in [9.17, 15) is 14.4 Å². The summed E-state index contributed by atoms with van der Waals surface area (Å²) in [5.74, 6) is -1.47. The summed E-state index contributed by atoms with van der Waals surface area (Å²) in [6.07, 6.45) is 3.84. The Labute approximate surface area is 193 Å². The number of allylic oxidation sites excluding steroid dienone is 1. The molecule has 2 N–H and O–H groups in total. The number of carbonyl (C=O) groups excluding carboxylic acids is 2. The fraction of sp³-hybridized carbons (Fsp3) is 0.400. The first-order chi connectivity index (χ1) is 15.1. The topological polar surface area (TPSA) is 92.7 Å². The third-order valence-electron chi connectivity index (χ3n) is 4.69. The molecular weight excluding hydrogens is 426 g/mol. The second-order valence-electron chi connectivity index (χ2n) is 8.63. The molecule has 0 unspecified atom stereocenters. The van der Waals surface area contributed by atoms with Gasteiger partial charge in [-0.2, -0.15) is 0 Å². The first kappa shape index (κ1) is 25.3. The molecule has 0 saturated heterocycles. The van der Waals surface area contributed by atoms with Crippen LogP contribution in [0, 0.1) is 5.92 Å². The molecule has 0 aliphatic carbocycles. The fourth-order valence-electron chi connectivity index (χ4n) is 3.21. The molecule has 0 saturated carbocycles. The van der Waals surface area contributed by atoms with Gasteiger partial charge in [-0.15, -0.1) is 11.3 Å². The zero-order valence-electron chi connectivity index (χ0n) is 18.7. The van der Waals surface area contributed by atoms with Crippen molar-refractivity contribution in [3.8, 4) is 0 Å². The number of aryl methyl sites for hydroxylation is 1. The molecule has 0 radical (unpaired) electrons. The number of nitrogens with one attached hydrogen (secondary N) is 1. The van der Waals surface area contributed by atoms with Gasteiger partial charge in [0.05, 0.1) is 6.04 Å². The molecule has 7 heteroatoms. The van der Waals surface area contributed by atoms with Crippen molar-refractivity contribution in [3.63, 3.8) is 0 Å². The van der Waals surface area contributed by atoms with E-state index in [1.165, 1.54) is 11.3 Å². The number of carbonyl (C=O) groups is 3. The van der Waals surface area contributed by atoms with Gasteiger partial charge in [0.2, 0.25) is 0 Å². The van der Waals surface area contributed by atoms with Crippen LogP contribution in [0.3, 0.4) is 0 Å². The Morgan fingerprint density at radius 3 is 2.44 bits per heavy atom. The second-order valence-corrected chi connectivity index (χ2v) is 9.67. The Morgan fingerprint density at radius 2 is 1.84 bits per heavy atom. The second kappa shape index (κ2) is 12.2. The summed E-state index contributed by atoms with van der Waals surface area (Å²) >= 11 is 1.51. The number of alkyl carbamates (subject to hydrolysis) is 1. The van der Waals surface area contributed by atoms with E-state index < -0.39 is 23.7 Å². The maximum Gasteiger partial charge on any atom is 0.408 e. The lowest BCUT2D eigenvalue weighted by Gasteiger charge is -2.24. The molecule has 0 spiro atoms. The quantitative estimate of drug-likeness (QED) is 0.462. The molecule has 32 heavy (non-hydrogen) atoms. The minimum Gasteiger partial charge on any atom is -0.478 e. The van der Waals surface area contributed by atoms with Gasteiger partial charge in [-0.05, 0) is 56.5 Å². The largest absolute Gasteiger partial charge is 0.478 e. The highest BCUT2D eigenvalue weighted by Crippen LogP contribution is 2.19. The number of benzene rings is 1. The van der Waals surface area contributed by atoms with Gasteiger partial charge in [-0.1, -0.05) is 42.5 Å². The van der Waals surface area contributed by atoms with Crippen molar-refractivity contribution in [2.45, 2.75) is 58.1 Å². The summed E-state index contributed by atoms with van der Waals surface area (Å²) in [5.41, 5.74) is 0.443. The van der Waals surface area contributed by atoms with Crippen molar-refractivity contribution in [2.24, 2.45) is 5.92 Å². The monoisotopic (exact) mass is 457 g/mol. The van der Waals surface area contributed by atoms with Crippen LogP contribution in [0.4, 0.5) is 4.79 Å². The number of hydrogen-bond donors (Lipinski definition) is 2. The zero-order chi connectivity index (χ0) is 23.6. The molecule has 2 atom stereocenters. The molecule has 0 aliphatic rings. The fourth-order valence-corrected chi connectivity index (χ4v) is 3.96. The molecule has 172 valence electrons. The summed E-state index contributed by atoms with van der Waals surface area (Å²) < 4.78 is 5.34. The Bertz CT molecular complexity index is 900. The number of carboxylic acid groups (broad SMARTS) is 1. The van der Waals surface area contributed by atoms with Crippen molar-refractivity contribution in [1.29, 1.82) is 0 Å². The van der Waals surface area contributed by atoms with Gasteiger partial charge in [0.15, 0.2) is 5.78 Å². The van der Waals surface area contributed by atoms with Crippen LogP contribution in [0.2, 0.25) is 0 Å². The number of hydrogen-bond acceptors (Lipinski definition) is 5. The molecular formula is C25H31NO5S. The Kier molecular flexibility index (Phi) is 9.65. The van der Waals surface area contributed by atoms with Gasteiger partial charge < -0.3 is 15.2 Å². The minimum absolute atomic E-state index is 0.127. The van der Waals surface area contributed by atoms with Crippen molar-refractivity contribution < 1.29 is 24.2 Å². The summed E-state index contributed by atoms with van der Waals surface area (Å²) in [5, 5.41) is 13.7. The Morgan fingerprint density at radius 1 is 1.12 bits per heavy atom. The number of Topliss-reactive ketones (excluding diaryl/α,β-unsaturated/α-hetero) is 1. The lowest BCUT2D eigenvalue weighted by Crippen LogP contribution is -2.45. The van der Waals surface area contributed by atoms with E-state index in [0.717, 1.165) is 22.9 Å². The maximum absolute atomic E-state index is 13.2. The number of ether oxygens (including phenoxy) is 1. The highest BCUT2D eigenvalue weighted by Gasteiger charge is 2.26. The normalized spacial score (nSPS) is 13.5. The van der Waals surface area contributed by atoms with Crippen LogP contribution in [-0.2, 0) is 27.2 Å². The highest BCUT2D eigenvalue weighted by atomic mass is 32.1. The predicted octanol–water partition coefficient (Wildman–Crippen LogP) is 5.03. The number of amides is 1. The van der Waals surface area contributed by atoms with Gasteiger partial charge in [0.25, 0.3) is 0 Å². The molecule has 1 aromatic carbocycles. The van der Waals surface area contributed by atoms with Crippen molar-refractivity contribution in [2.75, 3.05) is 0 Å². The third kappa shape index (κ3) is 9.92. The molecule has 1 amide bonds. The number of ketones is 1. The summed E-state index contributed by atoms with van der Waals surface area (Å²) in [6.45, 7) is 5.29. The molecule has 6 nitrogen and oxygen atoms in total. The zero-order valence-corrected chi connectivity index (χ0v) is 19.6. The van der Waals surface area contributed by atoms with Gasteiger partial charge >= 0.3 is 12.1 Å². The van der Waals surface area contributed by atoms with E-state index in [-0.39, 0.29) is 18.1 Å². The molecule has 1 heterocycles. The SMILES string of the molecule is CC(C)(C)OC(=O)N[C@@H](Cc1cccs1)C(=O)C[C@H](/C=C/C(=O)O)CCc1ccccc1. The molecule has 2 aromatic rings. The van der Waals surface area contributed by atoms with E-state index >= 15 is 0 Å². The predicted molar refractivity (Wildman–Crippen MR) is 126 cm³/mol. The van der Waals surface area contributed by atoms with E-state index in [1.807, 2.05) is 47.8 Å². The smallest absolute Gasteiger partial charge is 0.408 e. The van der Waals surface area contributed by atoms with E-state index in [1.54, 1.807) is 26.8 Å². The summed E-state index contributed by atoms with van der Waals surface area (Å²) in [7, 11) is 0. The summed E-state index contributed by atoms with van der Waals surface area (Å²) in [6, 6.07) is 12.9. The Balaban J connectivity index is 2.11. The first-order valence-corrected chi connectivity index (χ1v) is 11.5. The van der Waals surface area contributed by atoms with Crippen LogP contribution in [0.15, 0.2) is 60.0 Å². The average Bonchev–Trinajstić information content (AvgIpc) is 3.22. The minimum atomic E-state index is -1.05. The standard InChI is InChI=1S/C25H31NO5S/c1-25(2,3)31-24(30)26-21(17-20-10-7-15-32-20)22(27)16-19(13-14-23(28)29)12-11-18-8-5-4-6-9-18/h4-10,13-15,19,21H,11-12,16-17H2,1-3H3,(H,26,30)(H,28,29)/b14-13+/t19-,21-/m0/s1. The average molecular weight is 458 g/mol. The molecule has 0 aliphatic heterocycles. The van der Waals surface area contributed by atoms with E-state index in [4.69, 9.17) is 9.84 Å². The van der Waals surface area contributed by atoms with Crippen LogP contribution in [-0.4, -0.2) is 34.6 Å². The third-order valence-corrected chi connectivity index (χ3v) is 5.58. The molecule has 0 bridgehead atoms. The molecule has 1 aromatic heterocycles. The number of carboxylic acids is 1. The lowest BCUT2D eigenvalue weighted by atomic mass is 9.91. The van der Waals surface area contributed by atoms with Crippen molar-refractivity contribution >= 4 is 29.2 Å². The molecule has 0 fully saturated rings. The number of aliphatic carboxylic acids is 1.